The highest BCUT2D eigenvalue weighted by molar-refractivity contribution is 4.84. The van der Waals surface area contributed by atoms with Gasteiger partial charge in [-0.3, -0.25) is 0 Å². The molecule has 3 nitrogen and oxygen atoms in total. The first-order valence-electron chi connectivity index (χ1n) is 7.65. The Morgan fingerprint density at radius 1 is 1.11 bits per heavy atom. The van der Waals surface area contributed by atoms with Gasteiger partial charge in [0.1, 0.15) is 0 Å². The predicted octanol–water partition coefficient (Wildman–Crippen LogP) is 3.88. The summed E-state index contributed by atoms with van der Waals surface area (Å²) in [5, 5.41) is 0. The summed E-state index contributed by atoms with van der Waals surface area (Å²) < 4.78 is 17.9. The SMILES string of the molecule is [CH2]CC(C)(C)C[C]1OC2CCCCC(COCC2)O1. The molecule has 3 heteroatoms. The summed E-state index contributed by atoms with van der Waals surface area (Å²) in [5.41, 5.74) is 0.132. The summed E-state index contributed by atoms with van der Waals surface area (Å²) in [7, 11) is 0. The summed E-state index contributed by atoms with van der Waals surface area (Å²) in [6, 6.07) is 0. The lowest BCUT2D eigenvalue weighted by atomic mass is 9.86. The lowest BCUT2D eigenvalue weighted by Gasteiger charge is -2.30. The monoisotopic (exact) mass is 268 g/mol. The second-order valence-corrected chi connectivity index (χ2v) is 6.59. The summed E-state index contributed by atoms with van der Waals surface area (Å²) >= 11 is 0. The van der Waals surface area contributed by atoms with Crippen LogP contribution < -0.4 is 0 Å². The van der Waals surface area contributed by atoms with Crippen molar-refractivity contribution in [3.63, 3.8) is 0 Å². The molecule has 2 radical (unpaired) electrons. The summed E-state index contributed by atoms with van der Waals surface area (Å²) in [5.74, 6) is 0. The topological polar surface area (TPSA) is 27.7 Å². The maximum atomic E-state index is 6.15. The van der Waals surface area contributed by atoms with Crippen molar-refractivity contribution in [2.75, 3.05) is 13.2 Å². The Kier molecular flexibility index (Phi) is 5.67. The molecule has 0 aliphatic carbocycles. The smallest absolute Gasteiger partial charge is 0.224 e. The van der Waals surface area contributed by atoms with E-state index in [0.717, 1.165) is 45.0 Å². The highest BCUT2D eigenvalue weighted by atomic mass is 16.7. The minimum atomic E-state index is 0.132. The van der Waals surface area contributed by atoms with Crippen LogP contribution in [0, 0.1) is 18.6 Å². The van der Waals surface area contributed by atoms with Crippen LogP contribution in [0.15, 0.2) is 0 Å². The third-order valence-corrected chi connectivity index (χ3v) is 4.09. The van der Waals surface area contributed by atoms with E-state index in [0.29, 0.717) is 6.61 Å². The molecule has 0 aromatic rings. The minimum absolute atomic E-state index is 0.132. The molecular formula is C16H28O3. The number of ether oxygens (including phenoxy) is 3. The van der Waals surface area contributed by atoms with Crippen molar-refractivity contribution in [1.29, 1.82) is 0 Å². The second-order valence-electron chi connectivity index (χ2n) is 6.59. The number of fused-ring (bicyclic) bond motifs is 4. The van der Waals surface area contributed by atoms with Gasteiger partial charge in [0, 0.05) is 13.0 Å². The van der Waals surface area contributed by atoms with Gasteiger partial charge in [-0.25, -0.2) is 0 Å². The van der Waals surface area contributed by atoms with Crippen LogP contribution in [0.1, 0.15) is 58.8 Å². The van der Waals surface area contributed by atoms with Crippen molar-refractivity contribution < 1.29 is 14.2 Å². The molecule has 2 unspecified atom stereocenters. The summed E-state index contributed by atoms with van der Waals surface area (Å²) in [4.78, 5) is 0. The molecule has 0 N–H and O–H groups in total. The van der Waals surface area contributed by atoms with E-state index in [1.807, 2.05) is 0 Å². The third-order valence-electron chi connectivity index (χ3n) is 4.09. The van der Waals surface area contributed by atoms with Crippen molar-refractivity contribution >= 4 is 0 Å². The molecule has 0 spiro atoms. The van der Waals surface area contributed by atoms with Crippen LogP contribution in [0.25, 0.3) is 0 Å². The zero-order valence-corrected chi connectivity index (χ0v) is 12.5. The van der Waals surface area contributed by atoms with E-state index in [4.69, 9.17) is 14.2 Å². The van der Waals surface area contributed by atoms with Gasteiger partial charge >= 0.3 is 0 Å². The van der Waals surface area contributed by atoms with E-state index in [1.54, 1.807) is 0 Å². The largest absolute Gasteiger partial charge is 0.379 e. The fraction of sp³-hybridized carbons (Fsp3) is 0.875. The second kappa shape index (κ2) is 7.05. The minimum Gasteiger partial charge on any atom is -0.379 e. The average molecular weight is 268 g/mol. The first-order chi connectivity index (χ1) is 9.09. The molecule has 0 amide bonds. The number of hydrogen-bond acceptors (Lipinski definition) is 3. The molecule has 2 bridgehead atoms. The summed E-state index contributed by atoms with van der Waals surface area (Å²) in [6.07, 6.45) is 8.56. The van der Waals surface area contributed by atoms with E-state index in [1.165, 1.54) is 12.8 Å². The van der Waals surface area contributed by atoms with Gasteiger partial charge in [-0.1, -0.05) is 33.6 Å². The van der Waals surface area contributed by atoms with Gasteiger partial charge in [-0.2, -0.15) is 0 Å². The van der Waals surface area contributed by atoms with Gasteiger partial charge in [-0.05, 0) is 31.1 Å². The Bertz CT molecular complexity index is 235. The Labute approximate surface area is 118 Å². The molecule has 2 atom stereocenters. The molecule has 110 valence electrons. The van der Waals surface area contributed by atoms with Gasteiger partial charge < -0.3 is 14.2 Å². The highest BCUT2D eigenvalue weighted by Crippen LogP contribution is 2.35. The van der Waals surface area contributed by atoms with Crippen molar-refractivity contribution in [2.45, 2.75) is 71.0 Å². The quantitative estimate of drug-likeness (QED) is 0.777. The van der Waals surface area contributed by atoms with Crippen molar-refractivity contribution in [1.82, 2.24) is 0 Å². The Morgan fingerprint density at radius 2 is 1.79 bits per heavy atom. The summed E-state index contributed by atoms with van der Waals surface area (Å²) in [6.45, 7) is 9.94. The standard InChI is InChI=1S/C16H28O3/c1-4-16(2,3)11-15-18-13-7-5-6-8-14(19-15)12-17-10-9-13/h13-14H,1,4-12H2,2-3H3. The van der Waals surface area contributed by atoms with E-state index < -0.39 is 0 Å². The molecule has 19 heavy (non-hydrogen) atoms. The van der Waals surface area contributed by atoms with E-state index in [2.05, 4.69) is 20.8 Å². The first-order valence-corrected chi connectivity index (χ1v) is 7.65. The third kappa shape index (κ3) is 5.05. The molecule has 2 saturated heterocycles. The van der Waals surface area contributed by atoms with Crippen LogP contribution in [0.3, 0.4) is 0 Å². The molecule has 2 rings (SSSR count). The predicted molar refractivity (Wildman–Crippen MR) is 75.3 cm³/mol. The molecule has 2 aliphatic rings. The molecular weight excluding hydrogens is 240 g/mol. The van der Waals surface area contributed by atoms with E-state index in [9.17, 15) is 0 Å². The maximum absolute atomic E-state index is 6.15. The van der Waals surface area contributed by atoms with Crippen molar-refractivity contribution in [3.05, 3.63) is 13.2 Å². The fourth-order valence-corrected chi connectivity index (χ4v) is 2.57. The zero-order chi connectivity index (χ0) is 13.7. The van der Waals surface area contributed by atoms with Crippen LogP contribution in [0.5, 0.6) is 0 Å². The Balaban J connectivity index is 2.04. The molecule has 0 saturated carbocycles. The zero-order valence-electron chi connectivity index (χ0n) is 12.5. The lowest BCUT2D eigenvalue weighted by Crippen LogP contribution is -2.27. The highest BCUT2D eigenvalue weighted by Gasteiger charge is 2.31. The maximum Gasteiger partial charge on any atom is 0.224 e. The van der Waals surface area contributed by atoms with E-state index in [-0.39, 0.29) is 17.6 Å². The number of rotatable bonds is 3. The van der Waals surface area contributed by atoms with Crippen LogP contribution in [0.2, 0.25) is 0 Å². The van der Waals surface area contributed by atoms with Crippen LogP contribution >= 0.6 is 0 Å². The molecule has 0 aromatic heterocycles. The van der Waals surface area contributed by atoms with Crippen LogP contribution in [0.4, 0.5) is 0 Å². The average Bonchev–Trinajstić information content (AvgIpc) is 2.52. The first kappa shape index (κ1) is 15.3. The van der Waals surface area contributed by atoms with Gasteiger partial charge in [0.05, 0.1) is 18.8 Å². The lowest BCUT2D eigenvalue weighted by molar-refractivity contribution is -0.121. The van der Waals surface area contributed by atoms with Gasteiger partial charge in [0.2, 0.25) is 6.29 Å². The molecule has 2 fully saturated rings. The molecule has 2 aliphatic heterocycles. The van der Waals surface area contributed by atoms with Crippen LogP contribution in [-0.4, -0.2) is 25.4 Å². The fourth-order valence-electron chi connectivity index (χ4n) is 2.57. The van der Waals surface area contributed by atoms with E-state index >= 15 is 0 Å². The van der Waals surface area contributed by atoms with Crippen molar-refractivity contribution in [2.24, 2.45) is 5.41 Å². The van der Waals surface area contributed by atoms with Gasteiger partial charge in [-0.15, -0.1) is 0 Å². The van der Waals surface area contributed by atoms with Gasteiger partial charge in [0.15, 0.2) is 0 Å². The number of hydrogen-bond donors (Lipinski definition) is 0. The molecule has 0 aromatic carbocycles. The normalized spacial score (nSPS) is 31.1. The van der Waals surface area contributed by atoms with Crippen LogP contribution in [-0.2, 0) is 14.2 Å². The van der Waals surface area contributed by atoms with Gasteiger partial charge in [0.25, 0.3) is 0 Å². The Morgan fingerprint density at radius 3 is 2.53 bits per heavy atom. The van der Waals surface area contributed by atoms with Crippen molar-refractivity contribution in [3.8, 4) is 0 Å². The Hall–Kier alpha value is -0.120. The molecule has 2 heterocycles.